The number of hydrogen-bond acceptors (Lipinski definition) is 4. The lowest BCUT2D eigenvalue weighted by atomic mass is 9.92. The number of methoxy groups -OCH3 is 1. The molecular weight excluding hydrogens is 208 g/mol. The zero-order chi connectivity index (χ0) is 11.7. The molecule has 0 spiro atoms. The van der Waals surface area contributed by atoms with E-state index in [2.05, 4.69) is 4.74 Å². The summed E-state index contributed by atoms with van der Waals surface area (Å²) in [5, 5.41) is 0. The largest absolute Gasteiger partial charge is 0.466 e. The van der Waals surface area contributed by atoms with E-state index in [1.807, 2.05) is 13.0 Å². The number of ether oxygens (including phenoxy) is 2. The van der Waals surface area contributed by atoms with Crippen LogP contribution >= 0.6 is 0 Å². The molecule has 0 N–H and O–H groups in total. The first-order chi connectivity index (χ1) is 7.69. The normalized spacial score (nSPS) is 26.4. The Morgan fingerprint density at radius 3 is 2.50 bits per heavy atom. The van der Waals surface area contributed by atoms with Crippen LogP contribution in [0, 0.1) is 0 Å². The van der Waals surface area contributed by atoms with Crippen LogP contribution in [0.15, 0.2) is 23.3 Å². The molecule has 2 unspecified atom stereocenters. The van der Waals surface area contributed by atoms with Crippen LogP contribution in [0.1, 0.15) is 19.8 Å². The van der Waals surface area contributed by atoms with Gasteiger partial charge in [0.15, 0.2) is 5.78 Å². The zero-order valence-corrected chi connectivity index (χ0v) is 9.36. The average molecular weight is 222 g/mol. The summed E-state index contributed by atoms with van der Waals surface area (Å²) >= 11 is 0. The highest BCUT2D eigenvalue weighted by Gasteiger charge is 2.42. The van der Waals surface area contributed by atoms with Crippen molar-refractivity contribution in [1.82, 2.24) is 0 Å². The van der Waals surface area contributed by atoms with Crippen LogP contribution in [0.3, 0.4) is 0 Å². The number of hydrogen-bond donors (Lipinski definition) is 0. The Balaban J connectivity index is 2.33. The van der Waals surface area contributed by atoms with E-state index in [1.165, 1.54) is 7.11 Å². The molecule has 2 heterocycles. The molecule has 0 saturated carbocycles. The highest BCUT2D eigenvalue weighted by Crippen LogP contribution is 2.36. The lowest BCUT2D eigenvalue weighted by Crippen LogP contribution is -2.19. The second-order valence-corrected chi connectivity index (χ2v) is 3.85. The van der Waals surface area contributed by atoms with Crippen molar-refractivity contribution >= 4 is 11.8 Å². The predicted molar refractivity (Wildman–Crippen MR) is 56.8 cm³/mol. The summed E-state index contributed by atoms with van der Waals surface area (Å²) in [4.78, 5) is 23.5. The molecule has 2 aliphatic rings. The standard InChI is InChI=1S/C12H14O4/c1-3-4-7(13)10-8-5-6-9(16-8)11(10)12(14)15-2/h5-6,8-9H,3-4H2,1-2H3. The van der Waals surface area contributed by atoms with Crippen LogP contribution in [0.25, 0.3) is 0 Å². The van der Waals surface area contributed by atoms with Gasteiger partial charge in [-0.05, 0) is 6.42 Å². The number of ketones is 1. The highest BCUT2D eigenvalue weighted by molar-refractivity contribution is 6.07. The van der Waals surface area contributed by atoms with E-state index in [0.717, 1.165) is 6.42 Å². The summed E-state index contributed by atoms with van der Waals surface area (Å²) in [5.41, 5.74) is 0.870. The van der Waals surface area contributed by atoms with Gasteiger partial charge >= 0.3 is 5.97 Å². The number of esters is 1. The second-order valence-electron chi connectivity index (χ2n) is 3.85. The lowest BCUT2D eigenvalue weighted by molar-refractivity contribution is -0.137. The molecule has 86 valence electrons. The third-order valence-electron chi connectivity index (χ3n) is 2.80. The van der Waals surface area contributed by atoms with Gasteiger partial charge in [0, 0.05) is 12.0 Å². The quantitative estimate of drug-likeness (QED) is 0.529. The van der Waals surface area contributed by atoms with Gasteiger partial charge in [0.1, 0.15) is 12.2 Å². The topological polar surface area (TPSA) is 52.6 Å². The molecule has 0 aromatic heterocycles. The summed E-state index contributed by atoms with van der Waals surface area (Å²) in [6.45, 7) is 1.93. The van der Waals surface area contributed by atoms with Crippen molar-refractivity contribution in [3.63, 3.8) is 0 Å². The lowest BCUT2D eigenvalue weighted by Gasteiger charge is -2.10. The molecule has 0 aromatic carbocycles. The Morgan fingerprint density at radius 2 is 1.94 bits per heavy atom. The molecule has 2 aliphatic heterocycles. The first-order valence-electron chi connectivity index (χ1n) is 5.38. The minimum atomic E-state index is -0.462. The molecule has 0 fully saturated rings. The van der Waals surface area contributed by atoms with Crippen LogP contribution in [0.2, 0.25) is 0 Å². The first kappa shape index (κ1) is 11.1. The molecular formula is C12H14O4. The van der Waals surface area contributed by atoms with Gasteiger partial charge < -0.3 is 9.47 Å². The van der Waals surface area contributed by atoms with E-state index in [0.29, 0.717) is 17.6 Å². The molecule has 2 atom stereocenters. The van der Waals surface area contributed by atoms with Crippen molar-refractivity contribution in [3.8, 4) is 0 Å². The average Bonchev–Trinajstić information content (AvgIpc) is 2.87. The van der Waals surface area contributed by atoms with Crippen molar-refractivity contribution < 1.29 is 19.1 Å². The molecule has 0 aromatic rings. The van der Waals surface area contributed by atoms with Gasteiger partial charge in [0.25, 0.3) is 0 Å². The maximum absolute atomic E-state index is 11.9. The summed E-state index contributed by atoms with van der Waals surface area (Å²) in [7, 11) is 1.31. The molecule has 16 heavy (non-hydrogen) atoms. The van der Waals surface area contributed by atoms with Crippen molar-refractivity contribution in [2.75, 3.05) is 7.11 Å². The van der Waals surface area contributed by atoms with Crippen molar-refractivity contribution in [3.05, 3.63) is 23.3 Å². The van der Waals surface area contributed by atoms with Crippen molar-refractivity contribution in [2.24, 2.45) is 0 Å². The maximum atomic E-state index is 11.9. The Kier molecular flexibility index (Phi) is 2.92. The van der Waals surface area contributed by atoms with Gasteiger partial charge in [0.05, 0.1) is 12.7 Å². The number of Topliss-reactive ketones (excluding diaryl/α,β-unsaturated/α-hetero) is 1. The van der Waals surface area contributed by atoms with Crippen LogP contribution in [0.4, 0.5) is 0 Å². The van der Waals surface area contributed by atoms with E-state index < -0.39 is 12.1 Å². The second kappa shape index (κ2) is 4.22. The van der Waals surface area contributed by atoms with E-state index in [1.54, 1.807) is 6.08 Å². The van der Waals surface area contributed by atoms with Gasteiger partial charge in [-0.3, -0.25) is 4.79 Å². The summed E-state index contributed by atoms with van der Waals surface area (Å²) < 4.78 is 10.2. The number of carbonyl (C=O) groups excluding carboxylic acids is 2. The fourth-order valence-corrected chi connectivity index (χ4v) is 2.09. The fraction of sp³-hybridized carbons (Fsp3) is 0.500. The minimum absolute atomic E-state index is 0.0141. The molecule has 2 rings (SSSR count). The van der Waals surface area contributed by atoms with Gasteiger partial charge in [-0.25, -0.2) is 4.79 Å². The number of rotatable bonds is 4. The summed E-state index contributed by atoms with van der Waals surface area (Å²) in [5.74, 6) is -0.476. The van der Waals surface area contributed by atoms with Crippen LogP contribution < -0.4 is 0 Å². The third kappa shape index (κ3) is 1.59. The molecule has 0 aliphatic carbocycles. The minimum Gasteiger partial charge on any atom is -0.466 e. The monoisotopic (exact) mass is 222 g/mol. The number of fused-ring (bicyclic) bond motifs is 2. The Labute approximate surface area is 93.9 Å². The van der Waals surface area contributed by atoms with E-state index in [9.17, 15) is 9.59 Å². The maximum Gasteiger partial charge on any atom is 0.337 e. The molecule has 0 amide bonds. The smallest absolute Gasteiger partial charge is 0.337 e. The van der Waals surface area contributed by atoms with E-state index in [4.69, 9.17) is 4.74 Å². The molecule has 2 bridgehead atoms. The van der Waals surface area contributed by atoms with Gasteiger partial charge in [0.2, 0.25) is 0 Å². The molecule has 0 radical (unpaired) electrons. The first-order valence-corrected chi connectivity index (χ1v) is 5.38. The SMILES string of the molecule is CCCC(=O)C1=C(C(=O)OC)C2C=CC1O2. The number of carbonyl (C=O) groups is 2. The Hall–Kier alpha value is -1.42. The fourth-order valence-electron chi connectivity index (χ4n) is 2.09. The third-order valence-corrected chi connectivity index (χ3v) is 2.80. The van der Waals surface area contributed by atoms with E-state index >= 15 is 0 Å². The van der Waals surface area contributed by atoms with Gasteiger partial charge in [-0.2, -0.15) is 0 Å². The zero-order valence-electron chi connectivity index (χ0n) is 9.36. The van der Waals surface area contributed by atoms with Crippen LogP contribution in [-0.2, 0) is 19.1 Å². The van der Waals surface area contributed by atoms with Crippen molar-refractivity contribution in [2.45, 2.75) is 32.0 Å². The van der Waals surface area contributed by atoms with Gasteiger partial charge in [-0.15, -0.1) is 0 Å². The van der Waals surface area contributed by atoms with Crippen molar-refractivity contribution in [1.29, 1.82) is 0 Å². The Bertz CT molecular complexity index is 392. The molecule has 0 saturated heterocycles. The molecule has 4 heteroatoms. The van der Waals surface area contributed by atoms with Gasteiger partial charge in [-0.1, -0.05) is 19.1 Å². The van der Waals surface area contributed by atoms with E-state index in [-0.39, 0.29) is 11.9 Å². The molecule has 4 nitrogen and oxygen atoms in total. The van der Waals surface area contributed by atoms with Crippen LogP contribution in [0.5, 0.6) is 0 Å². The highest BCUT2D eigenvalue weighted by atomic mass is 16.5. The Morgan fingerprint density at radius 1 is 1.31 bits per heavy atom. The summed E-state index contributed by atoms with van der Waals surface area (Å²) in [6, 6.07) is 0. The van der Waals surface area contributed by atoms with Crippen LogP contribution in [-0.4, -0.2) is 31.1 Å². The predicted octanol–water partition coefficient (Wildman–Crippen LogP) is 1.16. The summed E-state index contributed by atoms with van der Waals surface area (Å²) in [6.07, 6.45) is 4.07.